The molecule has 1 aliphatic rings. The lowest BCUT2D eigenvalue weighted by molar-refractivity contribution is -0.201. The molecule has 0 amide bonds. The van der Waals surface area contributed by atoms with Crippen LogP contribution in [0.25, 0.3) is 0 Å². The van der Waals surface area contributed by atoms with E-state index in [1.54, 1.807) is 0 Å². The first-order valence-electron chi connectivity index (χ1n) is 5.16. The molecule has 0 saturated heterocycles. The number of rotatable bonds is 3. The molecule has 1 aromatic rings. The van der Waals surface area contributed by atoms with Crippen molar-refractivity contribution in [3.8, 4) is 0 Å². The van der Waals surface area contributed by atoms with Gasteiger partial charge in [-0.25, -0.2) is 10.6 Å². The van der Waals surface area contributed by atoms with E-state index in [1.165, 1.54) is 6.07 Å². The average molecular weight is 297 g/mol. The third-order valence-corrected chi connectivity index (χ3v) is 2.60. The molecule has 10 heteroatoms. The highest BCUT2D eigenvalue weighted by atomic mass is 35.5. The Bertz CT molecular complexity index is 507. The molecule has 2 rings (SSSR count). The molecular formula is C9H8ClF3N4O2. The molecule has 6 nitrogen and oxygen atoms in total. The first-order chi connectivity index (χ1) is 8.79. The predicted octanol–water partition coefficient (Wildman–Crippen LogP) is 1.71. The molecule has 1 aromatic heterocycles. The van der Waals surface area contributed by atoms with Crippen LogP contribution >= 0.6 is 11.6 Å². The van der Waals surface area contributed by atoms with E-state index in [0.717, 1.165) is 12.8 Å². The molecule has 19 heavy (non-hydrogen) atoms. The van der Waals surface area contributed by atoms with Gasteiger partial charge in [0.25, 0.3) is 0 Å². The molecule has 1 fully saturated rings. The van der Waals surface area contributed by atoms with Gasteiger partial charge in [-0.3, -0.25) is 0 Å². The Morgan fingerprint density at radius 1 is 1.47 bits per heavy atom. The fourth-order valence-corrected chi connectivity index (χ4v) is 1.58. The fraction of sp³-hybridized carbons (Fsp3) is 0.444. The van der Waals surface area contributed by atoms with Crippen LogP contribution in [-0.4, -0.2) is 22.3 Å². The highest BCUT2D eigenvalue weighted by Gasteiger charge is 2.43. The SMILES string of the molecule is NN(OC(=O)C(F)(F)F)c1nnc(Cl)cc1C1CC1. The quantitative estimate of drug-likeness (QED) is 0.675. The number of alkyl halides is 3. The summed E-state index contributed by atoms with van der Waals surface area (Å²) in [5.41, 5.74) is 0.498. The largest absolute Gasteiger partial charge is 0.493 e. The number of hydrogen-bond acceptors (Lipinski definition) is 6. The lowest BCUT2D eigenvalue weighted by Gasteiger charge is -2.18. The Morgan fingerprint density at radius 2 is 2.11 bits per heavy atom. The van der Waals surface area contributed by atoms with E-state index in [-0.39, 0.29) is 22.1 Å². The summed E-state index contributed by atoms with van der Waals surface area (Å²) in [6, 6.07) is 1.43. The lowest BCUT2D eigenvalue weighted by Crippen LogP contribution is -2.40. The number of aromatic nitrogens is 2. The van der Waals surface area contributed by atoms with Gasteiger partial charge in [-0.15, -0.1) is 15.4 Å². The van der Waals surface area contributed by atoms with Gasteiger partial charge >= 0.3 is 12.1 Å². The van der Waals surface area contributed by atoms with Crippen molar-refractivity contribution >= 4 is 23.4 Å². The summed E-state index contributed by atoms with van der Waals surface area (Å²) >= 11 is 5.65. The smallest absolute Gasteiger partial charge is 0.315 e. The van der Waals surface area contributed by atoms with Gasteiger partial charge in [0.1, 0.15) is 0 Å². The number of nitrogens with zero attached hydrogens (tertiary/aromatic N) is 3. The minimum atomic E-state index is -5.14. The molecule has 0 atom stereocenters. The van der Waals surface area contributed by atoms with Crippen molar-refractivity contribution in [1.29, 1.82) is 0 Å². The van der Waals surface area contributed by atoms with Gasteiger partial charge < -0.3 is 4.84 Å². The Labute approximate surface area is 110 Å². The molecule has 0 aromatic carbocycles. The number of halogens is 4. The van der Waals surface area contributed by atoms with Gasteiger partial charge in [0, 0.05) is 5.56 Å². The van der Waals surface area contributed by atoms with E-state index in [2.05, 4.69) is 15.0 Å². The molecule has 0 aliphatic heterocycles. The number of nitrogens with two attached hydrogens (primary N) is 1. The third kappa shape index (κ3) is 3.24. The van der Waals surface area contributed by atoms with Crippen molar-refractivity contribution in [1.82, 2.24) is 10.2 Å². The van der Waals surface area contributed by atoms with Crippen molar-refractivity contribution in [3.05, 3.63) is 16.8 Å². The van der Waals surface area contributed by atoms with Crippen LogP contribution in [0.1, 0.15) is 24.3 Å². The predicted molar refractivity (Wildman–Crippen MR) is 57.8 cm³/mol. The van der Waals surface area contributed by atoms with Gasteiger partial charge in [-0.05, 0) is 24.8 Å². The molecule has 1 heterocycles. The number of hydrogen-bond donors (Lipinski definition) is 1. The normalized spacial score (nSPS) is 15.2. The van der Waals surface area contributed by atoms with Crippen LogP contribution in [0.2, 0.25) is 5.15 Å². The van der Waals surface area contributed by atoms with Crippen molar-refractivity contribution in [2.24, 2.45) is 5.84 Å². The zero-order valence-electron chi connectivity index (χ0n) is 9.32. The van der Waals surface area contributed by atoms with E-state index < -0.39 is 12.1 Å². The van der Waals surface area contributed by atoms with E-state index in [9.17, 15) is 18.0 Å². The van der Waals surface area contributed by atoms with Gasteiger partial charge in [0.2, 0.25) is 5.82 Å². The van der Waals surface area contributed by atoms with Crippen LogP contribution in [0.3, 0.4) is 0 Å². The standard InChI is InChI=1S/C9H8ClF3N4O2/c10-6-3-5(4-1-2-4)7(16-15-6)17(14)19-8(18)9(11,12)13/h3-4H,1-2,14H2. The Kier molecular flexibility index (Phi) is 3.50. The van der Waals surface area contributed by atoms with Crippen LogP contribution < -0.4 is 11.0 Å². The zero-order valence-corrected chi connectivity index (χ0v) is 10.1. The molecule has 1 saturated carbocycles. The second-order valence-corrected chi connectivity index (χ2v) is 4.31. The van der Waals surface area contributed by atoms with Crippen LogP contribution in [0, 0.1) is 0 Å². The van der Waals surface area contributed by atoms with Crippen LogP contribution in [0.4, 0.5) is 19.0 Å². The summed E-state index contributed by atoms with van der Waals surface area (Å²) in [5.74, 6) is 2.74. The van der Waals surface area contributed by atoms with E-state index in [0.29, 0.717) is 5.56 Å². The van der Waals surface area contributed by atoms with Crippen molar-refractivity contribution in [2.75, 3.05) is 5.17 Å². The molecule has 0 radical (unpaired) electrons. The maximum atomic E-state index is 12.0. The lowest BCUT2D eigenvalue weighted by atomic mass is 10.2. The maximum Gasteiger partial charge on any atom is 0.493 e. The van der Waals surface area contributed by atoms with Gasteiger partial charge in [0.05, 0.1) is 0 Å². The number of carbonyl (C=O) groups is 1. The molecule has 0 bridgehead atoms. The molecule has 2 N–H and O–H groups in total. The summed E-state index contributed by atoms with van der Waals surface area (Å²) in [5, 5.41) is 7.25. The Balaban J connectivity index is 2.19. The second-order valence-electron chi connectivity index (χ2n) is 3.92. The summed E-state index contributed by atoms with van der Waals surface area (Å²) in [4.78, 5) is 14.6. The molecule has 0 spiro atoms. The average Bonchev–Trinajstić information content (AvgIpc) is 3.10. The van der Waals surface area contributed by atoms with Gasteiger partial charge in [0.15, 0.2) is 5.15 Å². The summed E-state index contributed by atoms with van der Waals surface area (Å²) < 4.78 is 36.1. The highest BCUT2D eigenvalue weighted by molar-refractivity contribution is 6.29. The number of hydrazine groups is 1. The van der Waals surface area contributed by atoms with E-state index in [4.69, 9.17) is 17.4 Å². The topological polar surface area (TPSA) is 81.3 Å². The highest BCUT2D eigenvalue weighted by Crippen LogP contribution is 2.43. The second kappa shape index (κ2) is 4.82. The number of carbonyl (C=O) groups excluding carboxylic acids is 1. The summed E-state index contributed by atoms with van der Waals surface area (Å²) in [7, 11) is 0. The Hall–Kier alpha value is -1.61. The maximum absolute atomic E-state index is 12.0. The Morgan fingerprint density at radius 3 is 2.63 bits per heavy atom. The summed E-state index contributed by atoms with van der Waals surface area (Å²) in [6.45, 7) is 0. The van der Waals surface area contributed by atoms with Crippen molar-refractivity contribution in [2.45, 2.75) is 24.9 Å². The van der Waals surface area contributed by atoms with Crippen molar-refractivity contribution < 1.29 is 22.8 Å². The third-order valence-electron chi connectivity index (χ3n) is 2.41. The van der Waals surface area contributed by atoms with Crippen LogP contribution in [0.5, 0.6) is 0 Å². The molecule has 104 valence electrons. The fourth-order valence-electron chi connectivity index (χ4n) is 1.42. The monoisotopic (exact) mass is 296 g/mol. The van der Waals surface area contributed by atoms with Gasteiger partial charge in [-0.1, -0.05) is 11.6 Å². The minimum absolute atomic E-state index is 0.0821. The molecular weight excluding hydrogens is 289 g/mol. The first kappa shape index (κ1) is 13.8. The van der Waals surface area contributed by atoms with Crippen molar-refractivity contribution in [3.63, 3.8) is 0 Å². The zero-order chi connectivity index (χ0) is 14.2. The molecule has 0 unspecified atom stereocenters. The van der Waals surface area contributed by atoms with Crippen LogP contribution in [0.15, 0.2) is 6.07 Å². The number of anilines is 1. The molecule has 1 aliphatic carbocycles. The van der Waals surface area contributed by atoms with E-state index in [1.807, 2.05) is 0 Å². The van der Waals surface area contributed by atoms with Crippen LogP contribution in [-0.2, 0) is 9.63 Å². The van der Waals surface area contributed by atoms with Gasteiger partial charge in [-0.2, -0.15) is 13.2 Å². The summed E-state index contributed by atoms with van der Waals surface area (Å²) in [6.07, 6.45) is -3.48. The van der Waals surface area contributed by atoms with E-state index >= 15 is 0 Å². The minimum Gasteiger partial charge on any atom is -0.315 e. The first-order valence-corrected chi connectivity index (χ1v) is 5.54.